The number of hydrogen-bond acceptors (Lipinski definition) is 10. The summed E-state index contributed by atoms with van der Waals surface area (Å²) >= 11 is 1.19. The van der Waals surface area contributed by atoms with Gasteiger partial charge in [0, 0.05) is 13.3 Å². The number of methoxy groups -OCH3 is 1. The van der Waals surface area contributed by atoms with E-state index in [9.17, 15) is 4.57 Å². The fourth-order valence-electron chi connectivity index (χ4n) is 3.17. The first-order valence-electron chi connectivity index (χ1n) is 8.93. The second-order valence-electron chi connectivity index (χ2n) is 6.26. The molecule has 0 aromatic carbocycles. The summed E-state index contributed by atoms with van der Waals surface area (Å²) in [7, 11) is 1.56. The van der Waals surface area contributed by atoms with Crippen molar-refractivity contribution >= 4 is 34.9 Å². The van der Waals surface area contributed by atoms with Gasteiger partial charge in [-0.25, -0.2) is 15.0 Å². The van der Waals surface area contributed by atoms with Crippen molar-refractivity contribution in [1.82, 2.24) is 19.5 Å². The minimum atomic E-state index is -2.94. The lowest BCUT2D eigenvalue weighted by molar-refractivity contribution is -0.0670. The summed E-state index contributed by atoms with van der Waals surface area (Å²) in [6.45, 7) is -0.873. The minimum Gasteiger partial charge on any atom is -0.382 e. The Labute approximate surface area is 173 Å². The molecule has 3 rings (SSSR count). The Morgan fingerprint density at radius 1 is 1.41 bits per heavy atom. The number of nitrogens with two attached hydrogens (primary N) is 1. The van der Waals surface area contributed by atoms with Gasteiger partial charge in [0.25, 0.3) is 6.57 Å². The van der Waals surface area contributed by atoms with Crippen molar-refractivity contribution in [3.05, 3.63) is 12.7 Å². The van der Waals surface area contributed by atoms with Crippen LogP contribution in [0.15, 0.2) is 12.7 Å². The average molecular weight is 441 g/mol. The van der Waals surface area contributed by atoms with Crippen LogP contribution in [0.4, 0.5) is 5.82 Å². The van der Waals surface area contributed by atoms with Crippen LogP contribution in [0.1, 0.15) is 13.2 Å². The highest BCUT2D eigenvalue weighted by molar-refractivity contribution is 8.56. The van der Waals surface area contributed by atoms with E-state index < -0.39 is 31.1 Å². The molecule has 5 atom stereocenters. The molecule has 12 heteroatoms. The Morgan fingerprint density at radius 2 is 2.21 bits per heavy atom. The molecular weight excluding hydrogens is 417 g/mol. The molecular formula is C17H24N5O5PS. The molecule has 29 heavy (non-hydrogen) atoms. The molecule has 0 bridgehead atoms. The molecule has 0 radical (unpaired) electrons. The molecule has 1 saturated heterocycles. The van der Waals surface area contributed by atoms with E-state index in [0.29, 0.717) is 17.3 Å². The average Bonchev–Trinajstić information content (AvgIpc) is 3.29. The van der Waals surface area contributed by atoms with Gasteiger partial charge in [-0.05, 0) is 6.26 Å². The number of hydrogen-bond donors (Lipinski definition) is 1. The van der Waals surface area contributed by atoms with Crippen molar-refractivity contribution in [1.29, 1.82) is 0 Å². The van der Waals surface area contributed by atoms with Crippen molar-refractivity contribution in [2.75, 3.05) is 38.5 Å². The van der Waals surface area contributed by atoms with Crippen molar-refractivity contribution in [2.24, 2.45) is 0 Å². The smallest absolute Gasteiger partial charge is 0.257 e. The Kier molecular flexibility index (Phi) is 7.16. The monoisotopic (exact) mass is 441 g/mol. The number of nitrogen functional groups attached to an aromatic ring is 1. The lowest BCUT2D eigenvalue weighted by Crippen LogP contribution is -2.37. The maximum atomic E-state index is 13.0. The van der Waals surface area contributed by atoms with Crippen molar-refractivity contribution in [3.8, 4) is 12.3 Å². The molecule has 0 spiro atoms. The van der Waals surface area contributed by atoms with Crippen LogP contribution in [-0.4, -0.2) is 70.6 Å². The first-order valence-corrected chi connectivity index (χ1v) is 12.6. The second-order valence-corrected chi connectivity index (χ2v) is 11.5. The zero-order valence-corrected chi connectivity index (χ0v) is 18.1. The summed E-state index contributed by atoms with van der Waals surface area (Å²) in [6, 6.07) is 0. The molecule has 1 fully saturated rings. The first kappa shape index (κ1) is 22.0. The molecule has 3 heterocycles. The quantitative estimate of drug-likeness (QED) is 0.456. The van der Waals surface area contributed by atoms with Crippen LogP contribution in [0, 0.1) is 12.3 Å². The summed E-state index contributed by atoms with van der Waals surface area (Å²) in [6.07, 6.45) is 7.89. The van der Waals surface area contributed by atoms with Crippen LogP contribution in [0.25, 0.3) is 11.2 Å². The fourth-order valence-corrected chi connectivity index (χ4v) is 5.62. The third-order valence-corrected chi connectivity index (χ3v) is 9.18. The number of nitrogens with zero attached hydrogens (tertiary/aromatic N) is 4. The van der Waals surface area contributed by atoms with Gasteiger partial charge in [-0.15, -0.1) is 6.42 Å². The van der Waals surface area contributed by atoms with Gasteiger partial charge in [-0.3, -0.25) is 9.13 Å². The number of ether oxygens (including phenoxy) is 3. The Hall–Kier alpha value is -1.67. The van der Waals surface area contributed by atoms with E-state index in [1.165, 1.54) is 17.7 Å². The topological polar surface area (TPSA) is 124 Å². The predicted octanol–water partition coefficient (Wildman–Crippen LogP) is 1.93. The molecule has 2 aromatic rings. The molecule has 5 unspecified atom stereocenters. The highest BCUT2D eigenvalue weighted by Gasteiger charge is 2.50. The summed E-state index contributed by atoms with van der Waals surface area (Å²) in [5, 5.41) is 0. The summed E-state index contributed by atoms with van der Waals surface area (Å²) in [5.41, 5.74) is 6.83. The van der Waals surface area contributed by atoms with Gasteiger partial charge in [0.15, 0.2) is 17.7 Å². The molecule has 0 amide bonds. The van der Waals surface area contributed by atoms with Crippen LogP contribution in [0.2, 0.25) is 0 Å². The number of anilines is 1. The van der Waals surface area contributed by atoms with Gasteiger partial charge in [0.05, 0.1) is 12.9 Å². The van der Waals surface area contributed by atoms with Crippen LogP contribution in [0.5, 0.6) is 0 Å². The summed E-state index contributed by atoms with van der Waals surface area (Å²) in [4.78, 5) is 12.5. The van der Waals surface area contributed by atoms with Crippen LogP contribution in [-0.2, 0) is 23.3 Å². The van der Waals surface area contributed by atoms with E-state index >= 15 is 0 Å². The van der Waals surface area contributed by atoms with Gasteiger partial charge < -0.3 is 24.5 Å². The molecule has 1 aliphatic heterocycles. The summed E-state index contributed by atoms with van der Waals surface area (Å²) < 4.78 is 38.2. The number of terminal acetylenes is 1. The van der Waals surface area contributed by atoms with E-state index in [-0.39, 0.29) is 19.0 Å². The fraction of sp³-hybridized carbons (Fsp3) is 0.588. The minimum absolute atomic E-state index is 0.0313. The predicted molar refractivity (Wildman–Crippen MR) is 111 cm³/mol. The molecule has 2 aromatic heterocycles. The maximum Gasteiger partial charge on any atom is 0.257 e. The van der Waals surface area contributed by atoms with Gasteiger partial charge in [-0.2, -0.15) is 0 Å². The van der Waals surface area contributed by atoms with E-state index in [0.717, 1.165) is 0 Å². The molecule has 0 saturated carbocycles. The zero-order chi connectivity index (χ0) is 21.0. The SMILES string of the molecule is C#CCOC1C(OP(=O)(CC)SC)C(COC)OC1n1cnc2c(N)ncnc21. The molecule has 1 aliphatic rings. The molecule has 2 N–H and O–H groups in total. The van der Waals surface area contributed by atoms with Gasteiger partial charge in [0.1, 0.15) is 36.8 Å². The third-order valence-electron chi connectivity index (χ3n) is 4.58. The molecule has 158 valence electrons. The number of aromatic nitrogens is 4. The van der Waals surface area contributed by atoms with Crippen molar-refractivity contribution in [2.45, 2.75) is 31.5 Å². The van der Waals surface area contributed by atoms with E-state index in [1.807, 2.05) is 6.92 Å². The third kappa shape index (κ3) is 4.43. The Bertz CT molecular complexity index is 927. The number of rotatable bonds is 9. The molecule has 10 nitrogen and oxygen atoms in total. The van der Waals surface area contributed by atoms with Gasteiger partial charge in [-0.1, -0.05) is 24.2 Å². The first-order chi connectivity index (χ1) is 14.0. The van der Waals surface area contributed by atoms with E-state index in [2.05, 4.69) is 20.9 Å². The zero-order valence-electron chi connectivity index (χ0n) is 16.4. The van der Waals surface area contributed by atoms with Crippen LogP contribution in [0.3, 0.4) is 0 Å². The highest BCUT2D eigenvalue weighted by Crippen LogP contribution is 2.60. The maximum absolute atomic E-state index is 13.0. The Balaban J connectivity index is 2.02. The lowest BCUT2D eigenvalue weighted by atomic mass is 10.1. The lowest BCUT2D eigenvalue weighted by Gasteiger charge is -2.27. The van der Waals surface area contributed by atoms with Crippen LogP contribution >= 0.6 is 18.0 Å². The normalized spacial score (nSPS) is 26.4. The van der Waals surface area contributed by atoms with E-state index in [4.69, 9.17) is 30.9 Å². The number of fused-ring (bicyclic) bond motifs is 1. The Morgan fingerprint density at radius 3 is 2.86 bits per heavy atom. The highest BCUT2D eigenvalue weighted by atomic mass is 32.7. The largest absolute Gasteiger partial charge is 0.382 e. The second kappa shape index (κ2) is 9.43. The van der Waals surface area contributed by atoms with Crippen molar-refractivity contribution < 1.29 is 23.3 Å². The molecule has 0 aliphatic carbocycles. The van der Waals surface area contributed by atoms with Gasteiger partial charge >= 0.3 is 0 Å². The summed E-state index contributed by atoms with van der Waals surface area (Å²) in [5.74, 6) is 2.71. The standard InChI is InChI=1S/C17H24N5O5PS/c1-5-7-25-14-13(27-28(23,6-2)29-4)11(8-24-3)26-17(14)22-10-21-12-15(18)19-9-20-16(12)22/h1,9-11,13-14,17H,6-8H2,2-4H3,(H2,18,19,20). The van der Waals surface area contributed by atoms with E-state index in [1.54, 1.807) is 24.3 Å². The van der Waals surface area contributed by atoms with Crippen LogP contribution < -0.4 is 5.73 Å². The number of imidazole rings is 1. The van der Waals surface area contributed by atoms with Crippen molar-refractivity contribution in [3.63, 3.8) is 0 Å². The van der Waals surface area contributed by atoms with Gasteiger partial charge in [0.2, 0.25) is 0 Å².